The van der Waals surface area contributed by atoms with Gasteiger partial charge in [-0.3, -0.25) is 14.2 Å². The summed E-state index contributed by atoms with van der Waals surface area (Å²) < 4.78 is 21.7. The molecule has 0 spiro atoms. The molecule has 2 aliphatic carbocycles. The molecular weight excluding hydrogens is 327 g/mol. The molecule has 0 aromatic heterocycles. The van der Waals surface area contributed by atoms with Crippen LogP contribution in [0.5, 0.6) is 0 Å². The molecule has 0 N–H and O–H groups in total. The monoisotopic (exact) mass is 358 g/mol. The number of rotatable bonds is 10. The summed E-state index contributed by atoms with van der Waals surface area (Å²) in [4.78, 5) is 23.7. The highest BCUT2D eigenvalue weighted by atomic mass is 31.1. The number of carbonyl (C=O) groups excluding carboxylic acids is 2. The molecule has 2 saturated carbocycles. The average molecular weight is 358 g/mol. The maximum absolute atomic E-state index is 11.8. The van der Waals surface area contributed by atoms with Crippen molar-refractivity contribution in [3.8, 4) is 0 Å². The zero-order valence-electron chi connectivity index (χ0n) is 14.6. The fraction of sp³-hybridized carbons (Fsp3) is 0.889. The third kappa shape index (κ3) is 8.04. The van der Waals surface area contributed by atoms with Gasteiger partial charge in [0.25, 0.3) is 0 Å². The first kappa shape index (κ1) is 19.8. The molecule has 2 aliphatic rings. The summed E-state index contributed by atoms with van der Waals surface area (Å²) in [7, 11) is -2.75. The first-order valence-electron chi connectivity index (χ1n) is 9.46. The van der Waals surface area contributed by atoms with Crippen molar-refractivity contribution in [2.45, 2.75) is 77.0 Å². The molecular formula is C18H31O5P. The minimum atomic E-state index is -2.75. The Bertz CT molecular complexity index is 387. The van der Waals surface area contributed by atoms with Crippen LogP contribution in [0, 0.1) is 11.8 Å². The molecule has 0 atom stereocenters. The first-order chi connectivity index (χ1) is 11.6. The van der Waals surface area contributed by atoms with Gasteiger partial charge in [0.2, 0.25) is 0 Å². The van der Waals surface area contributed by atoms with Crippen molar-refractivity contribution < 1.29 is 23.2 Å². The van der Waals surface area contributed by atoms with E-state index in [9.17, 15) is 14.2 Å². The normalized spacial score (nSPS) is 20.4. The topological polar surface area (TPSA) is 69.7 Å². The van der Waals surface area contributed by atoms with Gasteiger partial charge in [-0.1, -0.05) is 64.2 Å². The number of ketones is 2. The Labute approximate surface area is 145 Å². The number of hydrogen-bond donors (Lipinski definition) is 0. The van der Waals surface area contributed by atoms with Crippen LogP contribution in [0.2, 0.25) is 0 Å². The van der Waals surface area contributed by atoms with E-state index in [1.165, 1.54) is 38.5 Å². The minimum absolute atomic E-state index is 0.0163. The highest BCUT2D eigenvalue weighted by Gasteiger charge is 2.19. The van der Waals surface area contributed by atoms with Gasteiger partial charge in [0.15, 0.2) is 11.6 Å². The lowest BCUT2D eigenvalue weighted by atomic mass is 9.86. The quantitative estimate of drug-likeness (QED) is 0.538. The van der Waals surface area contributed by atoms with Crippen molar-refractivity contribution in [3.63, 3.8) is 0 Å². The van der Waals surface area contributed by atoms with E-state index in [0.29, 0.717) is 24.7 Å². The summed E-state index contributed by atoms with van der Waals surface area (Å²) in [5, 5.41) is 0. The Morgan fingerprint density at radius 1 is 0.708 bits per heavy atom. The van der Waals surface area contributed by atoms with Crippen LogP contribution in [0.25, 0.3) is 0 Å². The van der Waals surface area contributed by atoms with Crippen molar-refractivity contribution in [3.05, 3.63) is 0 Å². The summed E-state index contributed by atoms with van der Waals surface area (Å²) in [5.74, 6) is 0.875. The Morgan fingerprint density at radius 2 is 1.08 bits per heavy atom. The van der Waals surface area contributed by atoms with Crippen LogP contribution in [0.4, 0.5) is 0 Å². The van der Waals surface area contributed by atoms with Crippen LogP contribution in [0.1, 0.15) is 77.0 Å². The van der Waals surface area contributed by atoms with Gasteiger partial charge in [-0.25, -0.2) is 0 Å². The fourth-order valence-corrected chi connectivity index (χ4v) is 4.51. The van der Waals surface area contributed by atoms with Gasteiger partial charge in [0.05, 0.1) is 0 Å². The predicted molar refractivity (Wildman–Crippen MR) is 93.3 cm³/mol. The van der Waals surface area contributed by atoms with E-state index >= 15 is 0 Å². The average Bonchev–Trinajstić information content (AvgIpc) is 2.60. The second-order valence-electron chi connectivity index (χ2n) is 7.32. The molecule has 2 fully saturated rings. The van der Waals surface area contributed by atoms with Crippen LogP contribution in [-0.4, -0.2) is 24.8 Å². The molecule has 0 aromatic carbocycles. The van der Waals surface area contributed by atoms with E-state index in [-0.39, 0.29) is 24.8 Å². The lowest BCUT2D eigenvalue weighted by molar-refractivity contribution is -0.122. The van der Waals surface area contributed by atoms with E-state index in [0.717, 1.165) is 25.7 Å². The van der Waals surface area contributed by atoms with Crippen molar-refractivity contribution >= 4 is 19.8 Å². The largest absolute Gasteiger partial charge is 0.319 e. The van der Waals surface area contributed by atoms with Crippen molar-refractivity contribution in [1.82, 2.24) is 0 Å². The van der Waals surface area contributed by atoms with E-state index in [4.69, 9.17) is 9.05 Å². The fourth-order valence-electron chi connectivity index (χ4n) is 3.86. The van der Waals surface area contributed by atoms with Gasteiger partial charge >= 0.3 is 8.25 Å². The minimum Gasteiger partial charge on any atom is -0.303 e. The summed E-state index contributed by atoms with van der Waals surface area (Å²) in [6, 6.07) is 0. The molecule has 24 heavy (non-hydrogen) atoms. The molecule has 5 nitrogen and oxygen atoms in total. The lowest BCUT2D eigenvalue weighted by Gasteiger charge is -2.20. The SMILES string of the molecule is O=C(CO[PH](=O)OCC(=O)CC1CCCCC1)CC1CCCCC1. The second kappa shape index (κ2) is 11.2. The van der Waals surface area contributed by atoms with E-state index in [1.54, 1.807) is 0 Å². The van der Waals surface area contributed by atoms with Gasteiger partial charge in [0, 0.05) is 12.8 Å². The summed E-state index contributed by atoms with van der Waals surface area (Å²) in [5.41, 5.74) is 0. The molecule has 0 amide bonds. The zero-order valence-corrected chi connectivity index (χ0v) is 15.6. The van der Waals surface area contributed by atoms with Crippen LogP contribution in [-0.2, 0) is 23.2 Å². The highest BCUT2D eigenvalue weighted by Crippen LogP contribution is 2.29. The molecule has 2 rings (SSSR count). The third-order valence-corrected chi connectivity index (χ3v) is 5.94. The van der Waals surface area contributed by atoms with Crippen LogP contribution < -0.4 is 0 Å². The standard InChI is InChI=1S/C18H31O5P/c19-17(11-15-7-3-1-4-8-15)13-22-24(21)23-14-18(20)12-16-9-5-2-6-10-16/h15-16,24H,1-14H2. The zero-order chi connectivity index (χ0) is 17.2. The predicted octanol–water partition coefficient (Wildman–Crippen LogP) is 4.49. The summed E-state index contributed by atoms with van der Waals surface area (Å²) in [6.07, 6.45) is 12.7. The smallest absolute Gasteiger partial charge is 0.303 e. The number of hydrogen-bond acceptors (Lipinski definition) is 5. The van der Waals surface area contributed by atoms with Gasteiger partial charge in [-0.05, 0) is 11.8 Å². The molecule has 0 radical (unpaired) electrons. The third-order valence-electron chi connectivity index (χ3n) is 5.18. The van der Waals surface area contributed by atoms with E-state index < -0.39 is 8.25 Å². The maximum atomic E-state index is 11.8. The van der Waals surface area contributed by atoms with Gasteiger partial charge < -0.3 is 9.05 Å². The van der Waals surface area contributed by atoms with Gasteiger partial charge in [-0.15, -0.1) is 0 Å². The molecule has 0 aromatic rings. The summed E-state index contributed by atoms with van der Waals surface area (Å²) in [6.45, 7) is -0.323. The van der Waals surface area contributed by atoms with Gasteiger partial charge in [0.1, 0.15) is 13.2 Å². The van der Waals surface area contributed by atoms with E-state index in [2.05, 4.69) is 0 Å². The van der Waals surface area contributed by atoms with Gasteiger partial charge in [-0.2, -0.15) is 0 Å². The Kier molecular flexibility index (Phi) is 9.22. The van der Waals surface area contributed by atoms with Crippen molar-refractivity contribution in [2.75, 3.05) is 13.2 Å². The number of Topliss-reactive ketones (excluding diaryl/α,β-unsaturated/α-hetero) is 2. The molecule has 0 aliphatic heterocycles. The van der Waals surface area contributed by atoms with Crippen LogP contribution >= 0.6 is 8.25 Å². The van der Waals surface area contributed by atoms with Crippen molar-refractivity contribution in [2.24, 2.45) is 11.8 Å². The Balaban J connectivity index is 1.53. The number of carbonyl (C=O) groups is 2. The molecule has 0 unspecified atom stereocenters. The lowest BCUT2D eigenvalue weighted by Crippen LogP contribution is -2.16. The molecule has 0 heterocycles. The molecule has 138 valence electrons. The molecule has 0 bridgehead atoms. The maximum Gasteiger partial charge on any atom is 0.319 e. The summed E-state index contributed by atoms with van der Waals surface area (Å²) >= 11 is 0. The van der Waals surface area contributed by atoms with Crippen LogP contribution in [0.15, 0.2) is 0 Å². The van der Waals surface area contributed by atoms with E-state index in [1.807, 2.05) is 0 Å². The molecule has 0 saturated heterocycles. The highest BCUT2D eigenvalue weighted by molar-refractivity contribution is 7.33. The van der Waals surface area contributed by atoms with Crippen molar-refractivity contribution in [1.29, 1.82) is 0 Å². The second-order valence-corrected chi connectivity index (χ2v) is 8.40. The Morgan fingerprint density at radius 3 is 1.46 bits per heavy atom. The molecule has 6 heteroatoms. The Hall–Kier alpha value is -0.510. The van der Waals surface area contributed by atoms with Crippen LogP contribution in [0.3, 0.4) is 0 Å². The first-order valence-corrected chi connectivity index (χ1v) is 10.7.